The van der Waals surface area contributed by atoms with Crippen molar-refractivity contribution in [2.75, 3.05) is 26.7 Å². The van der Waals surface area contributed by atoms with E-state index in [0.717, 1.165) is 50.4 Å². The SMILES string of the molecule is COc1ccc2c(c1)OC1(CCN(CCCC(=O)c3ccc(F)cc3)C1)C2. The van der Waals surface area contributed by atoms with Crippen LogP contribution in [-0.4, -0.2) is 43.0 Å². The molecule has 4 nitrogen and oxygen atoms in total. The van der Waals surface area contributed by atoms with Gasteiger partial charge in [0.1, 0.15) is 22.9 Å². The number of halogens is 1. The van der Waals surface area contributed by atoms with E-state index < -0.39 is 0 Å². The number of nitrogens with zero attached hydrogens (tertiary/aromatic N) is 1. The van der Waals surface area contributed by atoms with Gasteiger partial charge in [0.15, 0.2) is 5.78 Å². The fraction of sp³-hybridized carbons (Fsp3) is 0.409. The van der Waals surface area contributed by atoms with Crippen molar-refractivity contribution in [1.82, 2.24) is 4.90 Å². The fourth-order valence-corrected chi connectivity index (χ4v) is 4.11. The molecule has 1 fully saturated rings. The Kier molecular flexibility index (Phi) is 4.87. The van der Waals surface area contributed by atoms with Crippen LogP contribution in [0.3, 0.4) is 0 Å². The lowest BCUT2D eigenvalue weighted by atomic mass is 9.96. The van der Waals surface area contributed by atoms with E-state index in [-0.39, 0.29) is 17.2 Å². The highest BCUT2D eigenvalue weighted by Crippen LogP contribution is 2.42. The first-order valence-electron chi connectivity index (χ1n) is 9.44. The number of Topliss-reactive ketones (excluding diaryl/α,β-unsaturated/α-hetero) is 1. The van der Waals surface area contributed by atoms with Crippen molar-refractivity contribution in [3.63, 3.8) is 0 Å². The molecule has 1 atom stereocenters. The highest BCUT2D eigenvalue weighted by Gasteiger charge is 2.44. The largest absolute Gasteiger partial charge is 0.497 e. The number of carbonyl (C=O) groups excluding carboxylic acids is 1. The van der Waals surface area contributed by atoms with Gasteiger partial charge in [-0.25, -0.2) is 4.39 Å². The number of fused-ring (bicyclic) bond motifs is 1. The predicted molar refractivity (Wildman–Crippen MR) is 101 cm³/mol. The maximum Gasteiger partial charge on any atom is 0.162 e. The smallest absolute Gasteiger partial charge is 0.162 e. The van der Waals surface area contributed by atoms with E-state index >= 15 is 0 Å². The van der Waals surface area contributed by atoms with Crippen molar-refractivity contribution >= 4 is 5.78 Å². The monoisotopic (exact) mass is 369 g/mol. The maximum absolute atomic E-state index is 13.0. The number of ketones is 1. The standard InChI is InChI=1S/C22H24FNO3/c1-26-19-9-6-17-14-22(27-21(17)13-19)10-12-24(15-22)11-2-3-20(25)16-4-7-18(23)8-5-16/h4-9,13H,2-3,10-12,14-15H2,1H3. The predicted octanol–water partition coefficient (Wildman–Crippen LogP) is 3.88. The molecule has 1 unspecified atom stereocenters. The third kappa shape index (κ3) is 3.83. The number of methoxy groups -OCH3 is 1. The lowest BCUT2D eigenvalue weighted by Gasteiger charge is -2.24. The molecule has 2 aromatic rings. The molecule has 2 aliphatic heterocycles. The summed E-state index contributed by atoms with van der Waals surface area (Å²) in [7, 11) is 1.66. The van der Waals surface area contributed by atoms with Crippen molar-refractivity contribution in [1.29, 1.82) is 0 Å². The number of hydrogen-bond donors (Lipinski definition) is 0. The number of likely N-dealkylation sites (tertiary alicyclic amines) is 1. The van der Waals surface area contributed by atoms with E-state index in [1.54, 1.807) is 19.2 Å². The highest BCUT2D eigenvalue weighted by atomic mass is 19.1. The number of benzene rings is 2. The molecule has 2 aromatic carbocycles. The summed E-state index contributed by atoms with van der Waals surface area (Å²) in [5, 5.41) is 0. The molecule has 5 heteroatoms. The molecular weight excluding hydrogens is 345 g/mol. The zero-order valence-corrected chi connectivity index (χ0v) is 15.5. The summed E-state index contributed by atoms with van der Waals surface area (Å²) in [6.07, 6.45) is 3.20. The zero-order valence-electron chi connectivity index (χ0n) is 15.5. The van der Waals surface area contributed by atoms with Crippen molar-refractivity contribution in [3.8, 4) is 11.5 Å². The molecule has 1 spiro atoms. The van der Waals surface area contributed by atoms with Crippen LogP contribution in [-0.2, 0) is 6.42 Å². The van der Waals surface area contributed by atoms with Gasteiger partial charge in [0.05, 0.1) is 7.11 Å². The third-order valence-corrected chi connectivity index (χ3v) is 5.55. The lowest BCUT2D eigenvalue weighted by Crippen LogP contribution is -2.38. The zero-order chi connectivity index (χ0) is 18.9. The van der Waals surface area contributed by atoms with Gasteiger partial charge < -0.3 is 9.47 Å². The molecule has 0 amide bonds. The number of rotatable bonds is 6. The van der Waals surface area contributed by atoms with Crippen LogP contribution in [0.25, 0.3) is 0 Å². The Hall–Kier alpha value is -2.40. The van der Waals surface area contributed by atoms with Crippen LogP contribution < -0.4 is 9.47 Å². The van der Waals surface area contributed by atoms with Gasteiger partial charge in [0.2, 0.25) is 0 Å². The van der Waals surface area contributed by atoms with E-state index in [1.807, 2.05) is 12.1 Å². The molecule has 4 rings (SSSR count). The minimum absolute atomic E-state index is 0.0699. The molecule has 142 valence electrons. The maximum atomic E-state index is 13.0. The average molecular weight is 369 g/mol. The molecule has 0 radical (unpaired) electrons. The van der Waals surface area contributed by atoms with E-state index in [0.29, 0.717) is 12.0 Å². The van der Waals surface area contributed by atoms with Gasteiger partial charge in [0, 0.05) is 44.0 Å². The Labute approximate surface area is 158 Å². The number of hydrogen-bond acceptors (Lipinski definition) is 4. The van der Waals surface area contributed by atoms with Gasteiger partial charge in [-0.05, 0) is 48.9 Å². The molecule has 27 heavy (non-hydrogen) atoms. The Morgan fingerprint density at radius 2 is 2.07 bits per heavy atom. The topological polar surface area (TPSA) is 38.8 Å². The minimum atomic E-state index is -0.316. The third-order valence-electron chi connectivity index (χ3n) is 5.55. The molecule has 0 bridgehead atoms. The van der Waals surface area contributed by atoms with Gasteiger partial charge in [-0.1, -0.05) is 6.07 Å². The number of carbonyl (C=O) groups is 1. The van der Waals surface area contributed by atoms with Gasteiger partial charge >= 0.3 is 0 Å². The molecule has 2 aliphatic rings. The molecule has 2 heterocycles. The van der Waals surface area contributed by atoms with Crippen molar-refractivity contribution < 1.29 is 18.7 Å². The minimum Gasteiger partial charge on any atom is -0.497 e. The highest BCUT2D eigenvalue weighted by molar-refractivity contribution is 5.95. The summed E-state index contributed by atoms with van der Waals surface area (Å²) in [4.78, 5) is 14.6. The first-order valence-corrected chi connectivity index (χ1v) is 9.44. The summed E-state index contributed by atoms with van der Waals surface area (Å²) in [5.74, 6) is 1.51. The Morgan fingerprint density at radius 3 is 2.85 bits per heavy atom. The molecule has 0 aromatic heterocycles. The Balaban J connectivity index is 1.28. The van der Waals surface area contributed by atoms with E-state index in [2.05, 4.69) is 11.0 Å². The summed E-state index contributed by atoms with van der Waals surface area (Å²) in [5.41, 5.74) is 1.68. The van der Waals surface area contributed by atoms with Crippen LogP contribution in [0.2, 0.25) is 0 Å². The molecule has 0 saturated carbocycles. The summed E-state index contributed by atoms with van der Waals surface area (Å²) in [6, 6.07) is 11.8. The summed E-state index contributed by atoms with van der Waals surface area (Å²) < 4.78 is 24.6. The second-order valence-corrected chi connectivity index (χ2v) is 7.50. The second kappa shape index (κ2) is 7.31. The normalized spacial score (nSPS) is 21.3. The molecule has 1 saturated heterocycles. The molecular formula is C22H24FNO3. The van der Waals surface area contributed by atoms with Crippen LogP contribution in [0.1, 0.15) is 35.2 Å². The lowest BCUT2D eigenvalue weighted by molar-refractivity contribution is 0.0959. The fourth-order valence-electron chi connectivity index (χ4n) is 4.11. The van der Waals surface area contributed by atoms with E-state index in [9.17, 15) is 9.18 Å². The average Bonchev–Trinajstić information content (AvgIpc) is 3.23. The van der Waals surface area contributed by atoms with Crippen LogP contribution in [0, 0.1) is 5.82 Å². The van der Waals surface area contributed by atoms with Crippen LogP contribution in [0.4, 0.5) is 4.39 Å². The van der Waals surface area contributed by atoms with Crippen LogP contribution in [0.15, 0.2) is 42.5 Å². The van der Waals surface area contributed by atoms with E-state index in [1.165, 1.54) is 17.7 Å². The Morgan fingerprint density at radius 1 is 1.26 bits per heavy atom. The van der Waals surface area contributed by atoms with E-state index in [4.69, 9.17) is 9.47 Å². The Bertz CT molecular complexity index is 836. The van der Waals surface area contributed by atoms with Gasteiger partial charge in [-0.3, -0.25) is 9.69 Å². The quantitative estimate of drug-likeness (QED) is 0.725. The molecule has 0 aliphatic carbocycles. The van der Waals surface area contributed by atoms with Gasteiger partial charge in [-0.2, -0.15) is 0 Å². The number of ether oxygens (including phenoxy) is 2. The van der Waals surface area contributed by atoms with Crippen LogP contribution in [0.5, 0.6) is 11.5 Å². The van der Waals surface area contributed by atoms with Gasteiger partial charge in [-0.15, -0.1) is 0 Å². The summed E-state index contributed by atoms with van der Waals surface area (Å²) in [6.45, 7) is 2.74. The van der Waals surface area contributed by atoms with Crippen LogP contribution >= 0.6 is 0 Å². The van der Waals surface area contributed by atoms with Crippen molar-refractivity contribution in [2.24, 2.45) is 0 Å². The molecule has 0 N–H and O–H groups in total. The first kappa shape index (κ1) is 18.0. The van der Waals surface area contributed by atoms with Crippen molar-refractivity contribution in [2.45, 2.75) is 31.3 Å². The first-order chi connectivity index (χ1) is 13.1. The summed E-state index contributed by atoms with van der Waals surface area (Å²) >= 11 is 0. The second-order valence-electron chi connectivity index (χ2n) is 7.50. The van der Waals surface area contributed by atoms with Crippen molar-refractivity contribution in [3.05, 3.63) is 59.4 Å². The van der Waals surface area contributed by atoms with Gasteiger partial charge in [0.25, 0.3) is 0 Å².